The van der Waals surface area contributed by atoms with Crippen LogP contribution < -0.4 is 0 Å². The molecule has 0 heterocycles. The van der Waals surface area contributed by atoms with Gasteiger partial charge in [-0.05, 0) is 156 Å². The summed E-state index contributed by atoms with van der Waals surface area (Å²) < 4.78 is 0. The Bertz CT molecular complexity index is 3540. The van der Waals surface area contributed by atoms with Crippen LogP contribution in [-0.2, 0) is 10.8 Å². The van der Waals surface area contributed by atoms with Gasteiger partial charge in [0.1, 0.15) is 0 Å². The number of hydrogen-bond donors (Lipinski definition) is 0. The first-order valence-electron chi connectivity index (χ1n) is 21.1. The van der Waals surface area contributed by atoms with Gasteiger partial charge in [-0.2, -0.15) is 0 Å². The first-order valence-corrected chi connectivity index (χ1v) is 21.1. The molecule has 0 aliphatic heterocycles. The Morgan fingerprint density at radius 1 is 0.322 bits per heavy atom. The molecule has 11 aromatic carbocycles. The summed E-state index contributed by atoms with van der Waals surface area (Å²) in [6, 6.07) is 66.8. The quantitative estimate of drug-likeness (QED) is 0.158. The normalized spacial score (nSPS) is 13.6. The minimum atomic E-state index is -0.154. The highest BCUT2D eigenvalue weighted by Gasteiger charge is 2.36. The van der Waals surface area contributed by atoms with E-state index in [4.69, 9.17) is 0 Å². The highest BCUT2D eigenvalue weighted by Crippen LogP contribution is 2.53. The molecule has 0 heteroatoms. The minimum Gasteiger partial charge on any atom is -0.0622 e. The van der Waals surface area contributed by atoms with Crippen LogP contribution in [-0.4, -0.2) is 0 Å². The molecule has 280 valence electrons. The molecule has 0 fully saturated rings. The average Bonchev–Trinajstić information content (AvgIpc) is 3.49. The Labute approximate surface area is 345 Å². The summed E-state index contributed by atoms with van der Waals surface area (Å²) >= 11 is 0. The van der Waals surface area contributed by atoms with Crippen LogP contribution in [0.4, 0.5) is 0 Å². The topological polar surface area (TPSA) is 0 Å². The summed E-state index contributed by atoms with van der Waals surface area (Å²) in [5.41, 5.74) is 14.3. The third-order valence-corrected chi connectivity index (χ3v) is 13.7. The summed E-state index contributed by atoms with van der Waals surface area (Å²) in [7, 11) is 0. The predicted octanol–water partition coefficient (Wildman–Crippen LogP) is 16.6. The second-order valence-electron chi connectivity index (χ2n) is 18.4. The fourth-order valence-corrected chi connectivity index (χ4v) is 10.8. The molecule has 0 bridgehead atoms. The molecule has 0 saturated heterocycles. The molecule has 0 spiro atoms. The maximum Gasteiger partial charge on any atom is 0.0159 e. The molecule has 0 atom stereocenters. The van der Waals surface area contributed by atoms with Crippen LogP contribution in [0.15, 0.2) is 176 Å². The van der Waals surface area contributed by atoms with Crippen molar-refractivity contribution in [3.8, 4) is 44.5 Å². The van der Waals surface area contributed by atoms with Crippen LogP contribution in [0.3, 0.4) is 0 Å². The van der Waals surface area contributed by atoms with Gasteiger partial charge in [0, 0.05) is 5.41 Å². The minimum absolute atomic E-state index is 0.0505. The van der Waals surface area contributed by atoms with Crippen LogP contribution in [0.2, 0.25) is 0 Å². The maximum atomic E-state index is 2.50. The van der Waals surface area contributed by atoms with E-state index >= 15 is 0 Å². The van der Waals surface area contributed by atoms with Gasteiger partial charge in [-0.1, -0.05) is 186 Å². The molecular formula is C59H44. The van der Waals surface area contributed by atoms with E-state index in [1.165, 1.54) is 126 Å². The number of benzene rings is 11. The Morgan fingerprint density at radius 2 is 0.831 bits per heavy atom. The standard InChI is InChI=1S/C59H44/c1-58(2,3)53-30-24-37-20-28-47-44(25-19-36-21-29-48(53)57(37)56(36)47)45-26-22-38(31-49(45)35-13-7-6-8-14-35)39-23-27-46-52-33-50-42-17-11-9-15-40(42)41-16-10-12-18-43(41)51(50)34-55(52)59(4,5)54(46)32-39/h6-34H,1-5H3. The zero-order valence-corrected chi connectivity index (χ0v) is 34.2. The van der Waals surface area contributed by atoms with Crippen molar-refractivity contribution in [2.24, 2.45) is 0 Å². The summed E-state index contributed by atoms with van der Waals surface area (Å²) in [6.07, 6.45) is 0. The lowest BCUT2D eigenvalue weighted by molar-refractivity contribution is 0.596. The zero-order chi connectivity index (χ0) is 39.8. The summed E-state index contributed by atoms with van der Waals surface area (Å²) in [4.78, 5) is 0. The van der Waals surface area contributed by atoms with Crippen molar-refractivity contribution in [2.45, 2.75) is 45.4 Å². The van der Waals surface area contributed by atoms with Gasteiger partial charge in [-0.15, -0.1) is 0 Å². The number of rotatable bonds is 3. The fraction of sp³-hybridized carbons (Fsp3) is 0.119. The third kappa shape index (κ3) is 4.90. The van der Waals surface area contributed by atoms with Gasteiger partial charge in [0.05, 0.1) is 0 Å². The first-order chi connectivity index (χ1) is 28.6. The van der Waals surface area contributed by atoms with E-state index in [9.17, 15) is 0 Å². The van der Waals surface area contributed by atoms with Gasteiger partial charge in [0.2, 0.25) is 0 Å². The highest BCUT2D eigenvalue weighted by molar-refractivity contribution is 6.27. The third-order valence-electron chi connectivity index (χ3n) is 13.7. The molecule has 0 amide bonds. The smallest absolute Gasteiger partial charge is 0.0159 e. The van der Waals surface area contributed by atoms with E-state index in [0.717, 1.165) is 0 Å². The Kier molecular flexibility index (Phi) is 7.05. The highest BCUT2D eigenvalue weighted by atomic mass is 14.4. The van der Waals surface area contributed by atoms with Crippen molar-refractivity contribution in [3.63, 3.8) is 0 Å². The van der Waals surface area contributed by atoms with Gasteiger partial charge < -0.3 is 0 Å². The molecule has 59 heavy (non-hydrogen) atoms. The molecule has 0 aromatic heterocycles. The molecule has 0 unspecified atom stereocenters. The van der Waals surface area contributed by atoms with E-state index in [-0.39, 0.29) is 10.8 Å². The average molecular weight is 753 g/mol. The van der Waals surface area contributed by atoms with Gasteiger partial charge in [0.25, 0.3) is 0 Å². The zero-order valence-electron chi connectivity index (χ0n) is 34.2. The summed E-state index contributed by atoms with van der Waals surface area (Å²) in [5.74, 6) is 0. The number of fused-ring (bicyclic) bond motifs is 9. The van der Waals surface area contributed by atoms with Crippen molar-refractivity contribution in [1.82, 2.24) is 0 Å². The molecule has 1 aliphatic rings. The van der Waals surface area contributed by atoms with Crippen molar-refractivity contribution < 1.29 is 0 Å². The molecule has 0 radical (unpaired) electrons. The first kappa shape index (κ1) is 34.3. The Morgan fingerprint density at radius 3 is 1.51 bits per heavy atom. The molecule has 12 rings (SSSR count). The van der Waals surface area contributed by atoms with E-state index < -0.39 is 0 Å². The SMILES string of the molecule is CC(C)(C)c1ccc2ccc3c(-c4ccc(-c5ccc6c(c5)C(C)(C)c5cc7c8ccccc8c8ccccc8c7cc5-6)cc4-c4ccccc4)ccc4ccc1c2c43. The van der Waals surface area contributed by atoms with Gasteiger partial charge >= 0.3 is 0 Å². The van der Waals surface area contributed by atoms with E-state index in [1.54, 1.807) is 0 Å². The van der Waals surface area contributed by atoms with Crippen molar-refractivity contribution in [2.75, 3.05) is 0 Å². The molecular weight excluding hydrogens is 709 g/mol. The van der Waals surface area contributed by atoms with Gasteiger partial charge in [-0.3, -0.25) is 0 Å². The van der Waals surface area contributed by atoms with Crippen LogP contribution in [0.1, 0.15) is 51.3 Å². The van der Waals surface area contributed by atoms with E-state index in [1.807, 2.05) is 0 Å². The summed E-state index contributed by atoms with van der Waals surface area (Å²) in [5, 5.41) is 16.0. The fourth-order valence-electron chi connectivity index (χ4n) is 10.8. The van der Waals surface area contributed by atoms with Gasteiger partial charge in [-0.25, -0.2) is 0 Å². The van der Waals surface area contributed by atoms with Gasteiger partial charge in [0.15, 0.2) is 0 Å². The van der Waals surface area contributed by atoms with Crippen molar-refractivity contribution in [3.05, 3.63) is 193 Å². The predicted molar refractivity (Wildman–Crippen MR) is 255 cm³/mol. The lowest BCUT2D eigenvalue weighted by Crippen LogP contribution is -2.15. The molecule has 0 saturated carbocycles. The largest absolute Gasteiger partial charge is 0.0622 e. The lowest BCUT2D eigenvalue weighted by Gasteiger charge is -2.24. The second-order valence-corrected chi connectivity index (χ2v) is 18.4. The van der Waals surface area contributed by atoms with Crippen molar-refractivity contribution >= 4 is 64.6 Å². The van der Waals surface area contributed by atoms with Crippen LogP contribution in [0.25, 0.3) is 109 Å². The monoisotopic (exact) mass is 752 g/mol. The lowest BCUT2D eigenvalue weighted by atomic mass is 9.80. The molecule has 1 aliphatic carbocycles. The van der Waals surface area contributed by atoms with E-state index in [2.05, 4.69) is 211 Å². The summed E-state index contributed by atoms with van der Waals surface area (Å²) in [6.45, 7) is 11.8. The van der Waals surface area contributed by atoms with Crippen LogP contribution in [0, 0.1) is 0 Å². The molecule has 0 nitrogen and oxygen atoms in total. The Hall–Kier alpha value is -6.76. The second kappa shape index (κ2) is 12.1. The maximum absolute atomic E-state index is 2.50. The van der Waals surface area contributed by atoms with Crippen molar-refractivity contribution in [1.29, 1.82) is 0 Å². The molecule has 11 aromatic rings. The molecule has 0 N–H and O–H groups in total. The number of hydrogen-bond acceptors (Lipinski definition) is 0. The van der Waals surface area contributed by atoms with Crippen LogP contribution in [0.5, 0.6) is 0 Å². The van der Waals surface area contributed by atoms with E-state index in [0.29, 0.717) is 0 Å². The Balaban J connectivity index is 1.03. The van der Waals surface area contributed by atoms with Crippen LogP contribution >= 0.6 is 0 Å².